The Hall–Kier alpha value is -0.890. The smallest absolute Gasteiger partial charge is 0.114 e. The molecule has 1 aromatic carbocycles. The van der Waals surface area contributed by atoms with Gasteiger partial charge in [-0.05, 0) is 39.2 Å². The lowest BCUT2D eigenvalue weighted by Crippen LogP contribution is -2.41. The lowest BCUT2D eigenvalue weighted by molar-refractivity contribution is 0.147. The van der Waals surface area contributed by atoms with Gasteiger partial charge in [0.05, 0.1) is 0 Å². The van der Waals surface area contributed by atoms with Gasteiger partial charge in [0.25, 0.3) is 0 Å². The van der Waals surface area contributed by atoms with Crippen molar-refractivity contribution in [3.05, 3.63) is 35.4 Å². The molecule has 0 spiro atoms. The maximum absolute atomic E-state index is 14.3. The molecule has 1 fully saturated rings. The molecule has 1 nitrogen and oxygen atoms in total. The fourth-order valence-electron chi connectivity index (χ4n) is 2.69. The van der Waals surface area contributed by atoms with E-state index in [1.54, 1.807) is 13.8 Å². The van der Waals surface area contributed by atoms with Crippen LogP contribution >= 0.6 is 0 Å². The quantitative estimate of drug-likeness (QED) is 0.832. The number of hydrogen-bond acceptors (Lipinski definition) is 1. The average molecular weight is 221 g/mol. The average Bonchev–Trinajstić information content (AvgIpc) is 2.81. The van der Waals surface area contributed by atoms with Gasteiger partial charge in [0.15, 0.2) is 0 Å². The molecular weight excluding hydrogens is 201 g/mol. The van der Waals surface area contributed by atoms with Crippen LogP contribution in [0.4, 0.5) is 4.39 Å². The highest BCUT2D eigenvalue weighted by atomic mass is 19.1. The topological polar surface area (TPSA) is 26.0 Å². The summed E-state index contributed by atoms with van der Waals surface area (Å²) < 4.78 is 14.3. The molecule has 0 saturated heterocycles. The fraction of sp³-hybridized carbons (Fsp3) is 0.571. The standard InChI is InChI=1S/C14H20FN/c1-10-5-4-6-11(9-10)12(13(2,3)15)14(16)7-8-14/h4-6,9,12H,7-8,16H2,1-3H3. The Bertz CT molecular complexity index is 383. The molecule has 2 heteroatoms. The molecule has 0 aromatic heterocycles. The molecule has 1 aromatic rings. The molecule has 0 aliphatic heterocycles. The first-order valence-electron chi connectivity index (χ1n) is 5.87. The highest BCUT2D eigenvalue weighted by molar-refractivity contribution is 5.33. The van der Waals surface area contributed by atoms with Gasteiger partial charge in [0.1, 0.15) is 5.67 Å². The van der Waals surface area contributed by atoms with Gasteiger partial charge >= 0.3 is 0 Å². The van der Waals surface area contributed by atoms with Gasteiger partial charge in [-0.25, -0.2) is 4.39 Å². The largest absolute Gasteiger partial charge is 0.324 e. The number of nitrogens with two attached hydrogens (primary N) is 1. The molecular formula is C14H20FN. The van der Waals surface area contributed by atoms with E-state index >= 15 is 0 Å². The first kappa shape index (κ1) is 11.6. The van der Waals surface area contributed by atoms with E-state index in [0.717, 1.165) is 24.0 Å². The van der Waals surface area contributed by atoms with Crippen LogP contribution in [-0.4, -0.2) is 11.2 Å². The molecule has 0 bridgehead atoms. The number of alkyl halides is 1. The Morgan fingerprint density at radius 2 is 2.00 bits per heavy atom. The summed E-state index contributed by atoms with van der Waals surface area (Å²) in [5.74, 6) is -0.195. The van der Waals surface area contributed by atoms with Crippen LogP contribution < -0.4 is 5.73 Å². The molecule has 1 atom stereocenters. The first-order valence-corrected chi connectivity index (χ1v) is 5.87. The van der Waals surface area contributed by atoms with E-state index in [2.05, 4.69) is 6.07 Å². The van der Waals surface area contributed by atoms with Crippen molar-refractivity contribution < 1.29 is 4.39 Å². The molecule has 2 rings (SSSR count). The van der Waals surface area contributed by atoms with Gasteiger partial charge < -0.3 is 5.73 Å². The summed E-state index contributed by atoms with van der Waals surface area (Å²) in [6, 6.07) is 8.06. The second-order valence-corrected chi connectivity index (χ2v) is 5.64. The SMILES string of the molecule is Cc1cccc(C(C(C)(C)F)C2(N)CC2)c1. The van der Waals surface area contributed by atoms with Gasteiger partial charge in [-0.1, -0.05) is 29.8 Å². The second-order valence-electron chi connectivity index (χ2n) is 5.64. The zero-order valence-electron chi connectivity index (χ0n) is 10.3. The normalized spacial score (nSPS) is 20.6. The summed E-state index contributed by atoms with van der Waals surface area (Å²) in [5, 5.41) is 0. The second kappa shape index (κ2) is 3.56. The van der Waals surface area contributed by atoms with Crippen LogP contribution in [0.5, 0.6) is 0 Å². The summed E-state index contributed by atoms with van der Waals surface area (Å²) in [6.45, 7) is 5.29. The predicted molar refractivity (Wildman–Crippen MR) is 65.3 cm³/mol. The Balaban J connectivity index is 2.40. The van der Waals surface area contributed by atoms with Crippen LogP contribution in [0.25, 0.3) is 0 Å². The molecule has 0 radical (unpaired) electrons. The van der Waals surface area contributed by atoms with Crippen molar-refractivity contribution in [3.8, 4) is 0 Å². The minimum absolute atomic E-state index is 0.195. The maximum Gasteiger partial charge on any atom is 0.114 e. The van der Waals surface area contributed by atoms with Crippen molar-refractivity contribution >= 4 is 0 Å². The number of aryl methyl sites for hydroxylation is 1. The minimum atomic E-state index is -1.26. The number of hydrogen-bond donors (Lipinski definition) is 1. The van der Waals surface area contributed by atoms with Crippen molar-refractivity contribution in [2.45, 2.75) is 50.7 Å². The number of halogens is 1. The summed E-state index contributed by atoms with van der Waals surface area (Å²) in [4.78, 5) is 0. The molecule has 16 heavy (non-hydrogen) atoms. The van der Waals surface area contributed by atoms with Gasteiger partial charge in [-0.2, -0.15) is 0 Å². The lowest BCUT2D eigenvalue weighted by Gasteiger charge is -2.33. The van der Waals surface area contributed by atoms with Crippen LogP contribution in [0, 0.1) is 6.92 Å². The van der Waals surface area contributed by atoms with E-state index in [1.807, 2.05) is 25.1 Å². The summed E-state index contributed by atoms with van der Waals surface area (Å²) in [7, 11) is 0. The molecule has 1 unspecified atom stereocenters. The third kappa shape index (κ3) is 2.12. The van der Waals surface area contributed by atoms with Crippen LogP contribution in [0.3, 0.4) is 0 Å². The minimum Gasteiger partial charge on any atom is -0.324 e. The molecule has 2 N–H and O–H groups in total. The third-order valence-corrected chi connectivity index (χ3v) is 3.46. The number of benzene rings is 1. The van der Waals surface area contributed by atoms with Crippen molar-refractivity contribution in [2.24, 2.45) is 5.73 Å². The fourth-order valence-corrected chi connectivity index (χ4v) is 2.69. The van der Waals surface area contributed by atoms with Gasteiger partial charge in [0.2, 0.25) is 0 Å². The first-order chi connectivity index (χ1) is 7.33. The highest BCUT2D eigenvalue weighted by Crippen LogP contribution is 2.51. The van der Waals surface area contributed by atoms with Crippen molar-refractivity contribution in [3.63, 3.8) is 0 Å². The molecule has 1 aliphatic carbocycles. The van der Waals surface area contributed by atoms with E-state index in [0.29, 0.717) is 0 Å². The molecule has 1 saturated carbocycles. The Morgan fingerprint density at radius 3 is 2.44 bits per heavy atom. The van der Waals surface area contributed by atoms with Gasteiger partial charge in [0, 0.05) is 11.5 Å². The monoisotopic (exact) mass is 221 g/mol. The van der Waals surface area contributed by atoms with Crippen molar-refractivity contribution in [1.29, 1.82) is 0 Å². The molecule has 1 aliphatic rings. The molecule has 0 heterocycles. The van der Waals surface area contributed by atoms with E-state index in [1.165, 1.54) is 0 Å². The zero-order valence-corrected chi connectivity index (χ0v) is 10.3. The lowest BCUT2D eigenvalue weighted by atomic mass is 9.78. The van der Waals surface area contributed by atoms with Gasteiger partial charge in [-0.3, -0.25) is 0 Å². The van der Waals surface area contributed by atoms with Gasteiger partial charge in [-0.15, -0.1) is 0 Å². The van der Waals surface area contributed by atoms with E-state index in [9.17, 15) is 4.39 Å². The van der Waals surface area contributed by atoms with Crippen LogP contribution in [0.15, 0.2) is 24.3 Å². The van der Waals surface area contributed by atoms with Crippen LogP contribution in [0.2, 0.25) is 0 Å². The third-order valence-electron chi connectivity index (χ3n) is 3.46. The van der Waals surface area contributed by atoms with Crippen LogP contribution in [0.1, 0.15) is 43.7 Å². The van der Waals surface area contributed by atoms with Crippen LogP contribution in [-0.2, 0) is 0 Å². The van der Waals surface area contributed by atoms with Crippen molar-refractivity contribution in [1.82, 2.24) is 0 Å². The Morgan fingerprint density at radius 1 is 1.38 bits per heavy atom. The zero-order chi connectivity index (χ0) is 12.0. The predicted octanol–water partition coefficient (Wildman–Crippen LogP) is 3.32. The molecule has 0 amide bonds. The Labute approximate surface area is 96.9 Å². The molecule has 88 valence electrons. The van der Waals surface area contributed by atoms with Crippen molar-refractivity contribution in [2.75, 3.05) is 0 Å². The summed E-state index contributed by atoms with van der Waals surface area (Å²) in [6.07, 6.45) is 1.86. The maximum atomic E-state index is 14.3. The van der Waals surface area contributed by atoms with E-state index < -0.39 is 5.67 Å². The summed E-state index contributed by atoms with van der Waals surface area (Å²) in [5.41, 5.74) is 6.82. The summed E-state index contributed by atoms with van der Waals surface area (Å²) >= 11 is 0. The highest BCUT2D eigenvalue weighted by Gasteiger charge is 2.52. The van der Waals surface area contributed by atoms with E-state index in [-0.39, 0.29) is 11.5 Å². The van der Waals surface area contributed by atoms with E-state index in [4.69, 9.17) is 5.73 Å². The Kier molecular flexibility index (Phi) is 2.58. The number of rotatable bonds is 3.